The van der Waals surface area contributed by atoms with Gasteiger partial charge in [0.05, 0.1) is 17.7 Å². The average Bonchev–Trinajstić information content (AvgIpc) is 3.06. The van der Waals surface area contributed by atoms with Crippen LogP contribution in [0.3, 0.4) is 0 Å². The maximum atomic E-state index is 13.0. The van der Waals surface area contributed by atoms with Crippen LogP contribution in [0.15, 0.2) is 83.8 Å². The van der Waals surface area contributed by atoms with E-state index in [9.17, 15) is 4.79 Å². The molecule has 0 atom stereocenters. The topological polar surface area (TPSA) is 38.8 Å². The van der Waals surface area contributed by atoms with Gasteiger partial charge in [-0.1, -0.05) is 78.6 Å². The van der Waals surface area contributed by atoms with Crippen LogP contribution in [0.25, 0.3) is 6.08 Å². The average molecular weight is 434 g/mol. The normalized spacial score (nSPS) is 15.0. The summed E-state index contributed by atoms with van der Waals surface area (Å²) in [7, 11) is 1.58. The van der Waals surface area contributed by atoms with Crippen molar-refractivity contribution >= 4 is 46.0 Å². The highest BCUT2D eigenvalue weighted by atomic mass is 32.2. The van der Waals surface area contributed by atoms with Gasteiger partial charge in [0.1, 0.15) is 18.1 Å². The molecule has 1 heterocycles. The highest BCUT2D eigenvalue weighted by molar-refractivity contribution is 8.27. The van der Waals surface area contributed by atoms with Gasteiger partial charge in [0.25, 0.3) is 5.91 Å². The molecule has 4 nitrogen and oxygen atoms in total. The zero-order valence-corrected chi connectivity index (χ0v) is 17.9. The molecule has 1 aliphatic heterocycles. The molecule has 3 aromatic rings. The van der Waals surface area contributed by atoms with E-state index in [2.05, 4.69) is 0 Å². The van der Waals surface area contributed by atoms with Crippen LogP contribution in [0.4, 0.5) is 5.69 Å². The van der Waals surface area contributed by atoms with E-state index in [-0.39, 0.29) is 5.91 Å². The number of anilines is 1. The van der Waals surface area contributed by atoms with Gasteiger partial charge in [0.2, 0.25) is 0 Å². The quantitative estimate of drug-likeness (QED) is 0.369. The number of rotatable bonds is 6. The Hall–Kier alpha value is -3.09. The van der Waals surface area contributed by atoms with Crippen molar-refractivity contribution in [3.63, 3.8) is 0 Å². The van der Waals surface area contributed by atoms with Crippen LogP contribution in [0.5, 0.6) is 11.5 Å². The summed E-state index contributed by atoms with van der Waals surface area (Å²) in [6, 6.07) is 25.0. The summed E-state index contributed by atoms with van der Waals surface area (Å²) in [5.74, 6) is 1.18. The molecule has 0 aromatic heterocycles. The van der Waals surface area contributed by atoms with Crippen molar-refractivity contribution < 1.29 is 14.3 Å². The molecule has 30 heavy (non-hydrogen) atoms. The third-order valence-corrected chi connectivity index (χ3v) is 5.83. The van der Waals surface area contributed by atoms with Crippen LogP contribution in [0.1, 0.15) is 11.1 Å². The minimum Gasteiger partial charge on any atom is -0.495 e. The molecule has 1 fully saturated rings. The minimum absolute atomic E-state index is 0.162. The number of thioether (sulfide) groups is 1. The lowest BCUT2D eigenvalue weighted by molar-refractivity contribution is -0.113. The number of para-hydroxylation sites is 2. The molecule has 0 spiro atoms. The van der Waals surface area contributed by atoms with E-state index in [0.29, 0.717) is 27.3 Å². The number of benzene rings is 3. The minimum atomic E-state index is -0.162. The fourth-order valence-corrected chi connectivity index (χ4v) is 4.36. The van der Waals surface area contributed by atoms with Gasteiger partial charge in [-0.05, 0) is 41.5 Å². The third kappa shape index (κ3) is 4.40. The van der Waals surface area contributed by atoms with Gasteiger partial charge < -0.3 is 9.47 Å². The largest absolute Gasteiger partial charge is 0.495 e. The van der Waals surface area contributed by atoms with E-state index < -0.39 is 0 Å². The Morgan fingerprint density at radius 2 is 1.77 bits per heavy atom. The summed E-state index contributed by atoms with van der Waals surface area (Å²) in [5.41, 5.74) is 2.62. The van der Waals surface area contributed by atoms with Crippen LogP contribution in [0, 0.1) is 0 Å². The lowest BCUT2D eigenvalue weighted by atomic mass is 10.2. The molecule has 6 heteroatoms. The molecule has 0 radical (unpaired) electrons. The highest BCUT2D eigenvalue weighted by Crippen LogP contribution is 2.39. The van der Waals surface area contributed by atoms with Crippen LogP contribution >= 0.6 is 24.0 Å². The maximum Gasteiger partial charge on any atom is 0.270 e. The molecule has 1 amide bonds. The summed E-state index contributed by atoms with van der Waals surface area (Å²) < 4.78 is 11.8. The van der Waals surface area contributed by atoms with Gasteiger partial charge >= 0.3 is 0 Å². The van der Waals surface area contributed by atoms with E-state index in [0.717, 1.165) is 16.9 Å². The summed E-state index contributed by atoms with van der Waals surface area (Å²) >= 11 is 6.75. The molecule has 0 unspecified atom stereocenters. The summed E-state index contributed by atoms with van der Waals surface area (Å²) in [5, 5.41) is 0. The number of ether oxygens (including phenoxy) is 2. The van der Waals surface area contributed by atoms with Crippen molar-refractivity contribution in [2.24, 2.45) is 0 Å². The zero-order valence-electron chi connectivity index (χ0n) is 16.3. The number of hydrogen-bond acceptors (Lipinski definition) is 5. The smallest absolute Gasteiger partial charge is 0.270 e. The van der Waals surface area contributed by atoms with Gasteiger partial charge in [0.15, 0.2) is 4.32 Å². The Morgan fingerprint density at radius 3 is 2.57 bits per heavy atom. The first kappa shape index (κ1) is 20.2. The molecular weight excluding hydrogens is 414 g/mol. The van der Waals surface area contributed by atoms with Crippen LogP contribution in [-0.2, 0) is 11.4 Å². The van der Waals surface area contributed by atoms with E-state index in [1.54, 1.807) is 7.11 Å². The number of carbonyl (C=O) groups is 1. The fraction of sp³-hybridized carbons (Fsp3) is 0.0833. The lowest BCUT2D eigenvalue weighted by Gasteiger charge is -2.17. The van der Waals surface area contributed by atoms with Gasteiger partial charge in [-0.3, -0.25) is 9.69 Å². The molecule has 4 rings (SSSR count). The molecule has 3 aromatic carbocycles. The highest BCUT2D eigenvalue weighted by Gasteiger charge is 2.34. The van der Waals surface area contributed by atoms with Crippen molar-refractivity contribution in [2.75, 3.05) is 12.0 Å². The summed E-state index contributed by atoms with van der Waals surface area (Å²) in [4.78, 5) is 15.1. The first-order valence-corrected chi connectivity index (χ1v) is 10.6. The predicted octanol–water partition coefficient (Wildman–Crippen LogP) is 5.68. The number of amides is 1. The Bertz CT molecular complexity index is 1110. The summed E-state index contributed by atoms with van der Waals surface area (Å²) in [6.45, 7) is 0.486. The Balaban J connectivity index is 1.54. The van der Waals surface area contributed by atoms with Crippen molar-refractivity contribution in [2.45, 2.75) is 6.61 Å². The molecule has 1 saturated heterocycles. The Morgan fingerprint density at radius 1 is 1.00 bits per heavy atom. The second-order valence-electron chi connectivity index (χ2n) is 6.54. The number of nitrogens with zero attached hydrogens (tertiary/aromatic N) is 1. The first-order valence-electron chi connectivity index (χ1n) is 9.33. The molecule has 0 bridgehead atoms. The standard InChI is InChI=1S/C24H19NO3S2/c1-27-21-13-6-5-12-20(21)25-23(26)22(30-24(25)29)15-18-10-7-11-19(14-18)28-16-17-8-3-2-4-9-17/h2-15H,16H2,1H3/b22-15-. The van der Waals surface area contributed by atoms with E-state index in [4.69, 9.17) is 21.7 Å². The number of thiocarbonyl (C=S) groups is 1. The van der Waals surface area contributed by atoms with Gasteiger partial charge in [0, 0.05) is 0 Å². The SMILES string of the molecule is COc1ccccc1N1C(=O)/C(=C/c2cccc(OCc3ccccc3)c2)SC1=S. The first-order chi connectivity index (χ1) is 14.7. The summed E-state index contributed by atoms with van der Waals surface area (Å²) in [6.07, 6.45) is 1.84. The van der Waals surface area contributed by atoms with E-state index in [1.165, 1.54) is 16.7 Å². The van der Waals surface area contributed by atoms with Crippen LogP contribution < -0.4 is 14.4 Å². The van der Waals surface area contributed by atoms with Gasteiger partial charge in [-0.25, -0.2) is 0 Å². The van der Waals surface area contributed by atoms with Crippen molar-refractivity contribution in [1.29, 1.82) is 0 Å². The van der Waals surface area contributed by atoms with Gasteiger partial charge in [-0.15, -0.1) is 0 Å². The Kier molecular flexibility index (Phi) is 6.16. The fourth-order valence-electron chi connectivity index (χ4n) is 3.08. The second kappa shape index (κ2) is 9.15. The van der Waals surface area contributed by atoms with Crippen LogP contribution in [0.2, 0.25) is 0 Å². The number of methoxy groups -OCH3 is 1. The Labute approximate surface area is 185 Å². The van der Waals surface area contributed by atoms with Crippen molar-refractivity contribution in [1.82, 2.24) is 0 Å². The molecule has 0 aliphatic carbocycles. The van der Waals surface area contributed by atoms with Gasteiger partial charge in [-0.2, -0.15) is 0 Å². The van der Waals surface area contributed by atoms with Crippen LogP contribution in [-0.4, -0.2) is 17.3 Å². The number of carbonyl (C=O) groups excluding carboxylic acids is 1. The molecule has 0 N–H and O–H groups in total. The maximum absolute atomic E-state index is 13.0. The van der Waals surface area contributed by atoms with E-state index in [1.807, 2.05) is 84.9 Å². The van der Waals surface area contributed by atoms with Crippen molar-refractivity contribution in [3.8, 4) is 11.5 Å². The zero-order chi connectivity index (χ0) is 20.9. The lowest BCUT2D eigenvalue weighted by Crippen LogP contribution is -2.27. The monoisotopic (exact) mass is 433 g/mol. The predicted molar refractivity (Wildman–Crippen MR) is 126 cm³/mol. The third-order valence-electron chi connectivity index (χ3n) is 4.52. The molecular formula is C24H19NO3S2. The van der Waals surface area contributed by atoms with Crippen molar-refractivity contribution in [3.05, 3.63) is 94.9 Å². The molecule has 150 valence electrons. The number of hydrogen-bond donors (Lipinski definition) is 0. The van der Waals surface area contributed by atoms with E-state index >= 15 is 0 Å². The second-order valence-corrected chi connectivity index (χ2v) is 8.21. The molecule has 0 saturated carbocycles. The molecule has 1 aliphatic rings.